The Morgan fingerprint density at radius 3 is 2.71 bits per heavy atom. The molecular weight excluding hydrogens is 216 g/mol. The molecule has 2 aliphatic carbocycles. The van der Waals surface area contributed by atoms with Gasteiger partial charge in [0.25, 0.3) is 0 Å². The third-order valence-electron chi connectivity index (χ3n) is 4.51. The lowest BCUT2D eigenvalue weighted by molar-refractivity contribution is -0.132. The van der Waals surface area contributed by atoms with Gasteiger partial charge < -0.3 is 5.11 Å². The van der Waals surface area contributed by atoms with E-state index in [2.05, 4.69) is 6.92 Å². The molecule has 2 aliphatic rings. The number of carbonyl (C=O) groups excluding carboxylic acids is 1. The van der Waals surface area contributed by atoms with Crippen LogP contribution in [0.2, 0.25) is 0 Å². The molecule has 2 fully saturated rings. The van der Waals surface area contributed by atoms with Gasteiger partial charge in [0.05, 0.1) is 0 Å². The van der Waals surface area contributed by atoms with Crippen LogP contribution in [0.15, 0.2) is 11.6 Å². The number of rotatable bonds is 2. The summed E-state index contributed by atoms with van der Waals surface area (Å²) in [6.07, 6.45) is 5.58. The first-order valence-corrected chi connectivity index (χ1v) is 6.45. The van der Waals surface area contributed by atoms with Gasteiger partial charge in [-0.05, 0) is 43.9 Å². The molecule has 0 bridgehead atoms. The lowest BCUT2D eigenvalue weighted by Crippen LogP contribution is -2.32. The van der Waals surface area contributed by atoms with Crippen molar-refractivity contribution < 1.29 is 14.7 Å². The largest absolute Gasteiger partial charge is 0.478 e. The van der Waals surface area contributed by atoms with E-state index < -0.39 is 5.97 Å². The molecule has 4 atom stereocenters. The zero-order valence-corrected chi connectivity index (χ0v) is 10.5. The van der Waals surface area contributed by atoms with Crippen LogP contribution in [0.4, 0.5) is 0 Å². The number of ketones is 1. The summed E-state index contributed by atoms with van der Waals surface area (Å²) in [6, 6.07) is 0. The van der Waals surface area contributed by atoms with Crippen LogP contribution < -0.4 is 0 Å². The van der Waals surface area contributed by atoms with Crippen LogP contribution in [0.5, 0.6) is 0 Å². The molecule has 0 spiro atoms. The van der Waals surface area contributed by atoms with Crippen molar-refractivity contribution in [2.75, 3.05) is 0 Å². The fraction of sp³-hybridized carbons (Fsp3) is 0.714. The van der Waals surface area contributed by atoms with E-state index in [1.54, 1.807) is 6.92 Å². The van der Waals surface area contributed by atoms with Crippen molar-refractivity contribution in [3.63, 3.8) is 0 Å². The molecule has 3 heteroatoms. The van der Waals surface area contributed by atoms with Gasteiger partial charge in [0.2, 0.25) is 0 Å². The normalized spacial score (nSPS) is 38.0. The molecule has 0 saturated heterocycles. The summed E-state index contributed by atoms with van der Waals surface area (Å²) < 4.78 is 0. The Bertz CT molecular complexity index is 370. The predicted octanol–water partition coefficient (Wildman–Crippen LogP) is 2.66. The summed E-state index contributed by atoms with van der Waals surface area (Å²) in [4.78, 5) is 22.8. The number of allylic oxidation sites excluding steroid dienone is 1. The van der Waals surface area contributed by atoms with Gasteiger partial charge in [-0.2, -0.15) is 0 Å². The van der Waals surface area contributed by atoms with Gasteiger partial charge in [-0.1, -0.05) is 13.0 Å². The standard InChI is InChI=1S/C14H20O3/c1-8-3-4-10(7-9(2)14(16)17)13-11(8)5-6-12(13)15/h7-8,10-11,13H,3-6H2,1-2H3,(H,16,17)/b9-7+/t8?,10-,11+,13+/m0/s1. The summed E-state index contributed by atoms with van der Waals surface area (Å²) in [6.45, 7) is 3.84. The van der Waals surface area contributed by atoms with Crippen LogP contribution in [0.1, 0.15) is 39.5 Å². The molecular formula is C14H20O3. The van der Waals surface area contributed by atoms with Gasteiger partial charge in [-0.15, -0.1) is 0 Å². The fourth-order valence-corrected chi connectivity index (χ4v) is 3.52. The van der Waals surface area contributed by atoms with Gasteiger partial charge in [0.15, 0.2) is 0 Å². The molecule has 0 aromatic heterocycles. The molecule has 1 unspecified atom stereocenters. The molecule has 2 rings (SSSR count). The summed E-state index contributed by atoms with van der Waals surface area (Å²) in [5.41, 5.74) is 0.378. The summed E-state index contributed by atoms with van der Waals surface area (Å²) >= 11 is 0. The summed E-state index contributed by atoms with van der Waals surface area (Å²) in [5.74, 6) is 0.822. The Labute approximate surface area is 102 Å². The number of Topliss-reactive ketones (excluding diaryl/α,β-unsaturated/α-hetero) is 1. The molecule has 2 saturated carbocycles. The SMILES string of the molecule is C/C(=C\[C@@H]1CCC(C)[C@H]2CCC(=O)[C@H]12)C(=O)O. The van der Waals surface area contributed by atoms with Gasteiger partial charge in [-0.3, -0.25) is 4.79 Å². The number of aliphatic carboxylic acids is 1. The molecule has 0 aromatic carbocycles. The van der Waals surface area contributed by atoms with Gasteiger partial charge in [0, 0.05) is 17.9 Å². The number of carboxylic acids is 1. The smallest absolute Gasteiger partial charge is 0.330 e. The maximum atomic E-state index is 11.9. The number of carboxylic acid groups (broad SMARTS) is 1. The van der Waals surface area contributed by atoms with Crippen molar-refractivity contribution in [3.05, 3.63) is 11.6 Å². The van der Waals surface area contributed by atoms with Crippen LogP contribution in [0.25, 0.3) is 0 Å². The highest BCUT2D eigenvalue weighted by Gasteiger charge is 2.44. The molecule has 3 nitrogen and oxygen atoms in total. The average molecular weight is 236 g/mol. The molecule has 0 aliphatic heterocycles. The van der Waals surface area contributed by atoms with E-state index in [4.69, 9.17) is 5.11 Å². The maximum Gasteiger partial charge on any atom is 0.330 e. The van der Waals surface area contributed by atoms with Crippen LogP contribution in [-0.2, 0) is 9.59 Å². The first-order valence-electron chi connectivity index (χ1n) is 6.45. The maximum absolute atomic E-state index is 11.9. The topological polar surface area (TPSA) is 54.4 Å². The Hall–Kier alpha value is -1.12. The highest BCUT2D eigenvalue weighted by molar-refractivity contribution is 5.87. The second-order valence-electron chi connectivity index (χ2n) is 5.57. The molecule has 0 radical (unpaired) electrons. The monoisotopic (exact) mass is 236 g/mol. The van der Waals surface area contributed by atoms with Crippen molar-refractivity contribution in [1.29, 1.82) is 0 Å². The van der Waals surface area contributed by atoms with Crippen molar-refractivity contribution in [2.45, 2.75) is 39.5 Å². The van der Waals surface area contributed by atoms with E-state index in [-0.39, 0.29) is 11.8 Å². The molecule has 17 heavy (non-hydrogen) atoms. The van der Waals surface area contributed by atoms with Gasteiger partial charge >= 0.3 is 5.97 Å². The van der Waals surface area contributed by atoms with Crippen LogP contribution in [-0.4, -0.2) is 16.9 Å². The first kappa shape index (κ1) is 12.3. The lowest BCUT2D eigenvalue weighted by atomic mass is 9.68. The second kappa shape index (κ2) is 4.63. The minimum Gasteiger partial charge on any atom is -0.478 e. The van der Waals surface area contributed by atoms with Crippen molar-refractivity contribution in [1.82, 2.24) is 0 Å². The zero-order chi connectivity index (χ0) is 12.6. The summed E-state index contributed by atoms with van der Waals surface area (Å²) in [7, 11) is 0. The van der Waals surface area contributed by atoms with E-state index >= 15 is 0 Å². The highest BCUT2D eigenvalue weighted by Crippen LogP contribution is 2.47. The van der Waals surface area contributed by atoms with Crippen LogP contribution >= 0.6 is 0 Å². The average Bonchev–Trinajstić information content (AvgIpc) is 2.66. The molecule has 1 N–H and O–H groups in total. The Morgan fingerprint density at radius 1 is 1.35 bits per heavy atom. The van der Waals surface area contributed by atoms with E-state index in [0.29, 0.717) is 29.6 Å². The van der Waals surface area contributed by atoms with E-state index in [9.17, 15) is 9.59 Å². The number of fused-ring (bicyclic) bond motifs is 1. The molecule has 0 amide bonds. The Balaban J connectivity index is 2.21. The molecule has 0 aromatic rings. The first-order chi connectivity index (χ1) is 8.00. The number of carbonyl (C=O) groups is 2. The lowest BCUT2D eigenvalue weighted by Gasteiger charge is -2.36. The van der Waals surface area contributed by atoms with E-state index in [1.165, 1.54) is 0 Å². The third-order valence-corrected chi connectivity index (χ3v) is 4.51. The van der Waals surface area contributed by atoms with Gasteiger partial charge in [0.1, 0.15) is 5.78 Å². The zero-order valence-electron chi connectivity index (χ0n) is 10.5. The molecule has 0 heterocycles. The Morgan fingerprint density at radius 2 is 2.06 bits per heavy atom. The van der Waals surface area contributed by atoms with E-state index in [0.717, 1.165) is 19.3 Å². The highest BCUT2D eigenvalue weighted by atomic mass is 16.4. The second-order valence-corrected chi connectivity index (χ2v) is 5.57. The van der Waals surface area contributed by atoms with E-state index in [1.807, 2.05) is 6.08 Å². The van der Waals surface area contributed by atoms with Crippen LogP contribution in [0, 0.1) is 23.7 Å². The van der Waals surface area contributed by atoms with Crippen molar-refractivity contribution >= 4 is 11.8 Å². The third kappa shape index (κ3) is 2.28. The Kier molecular flexibility index (Phi) is 3.36. The predicted molar refractivity (Wildman–Crippen MR) is 64.5 cm³/mol. The van der Waals surface area contributed by atoms with Crippen LogP contribution in [0.3, 0.4) is 0 Å². The molecule has 94 valence electrons. The van der Waals surface area contributed by atoms with Gasteiger partial charge in [-0.25, -0.2) is 4.79 Å². The van der Waals surface area contributed by atoms with Crippen molar-refractivity contribution in [2.24, 2.45) is 23.7 Å². The number of hydrogen-bond acceptors (Lipinski definition) is 2. The minimum atomic E-state index is -0.870. The number of hydrogen-bond donors (Lipinski definition) is 1. The fourth-order valence-electron chi connectivity index (χ4n) is 3.52. The quantitative estimate of drug-likeness (QED) is 0.750. The summed E-state index contributed by atoms with van der Waals surface area (Å²) in [5, 5.41) is 8.92. The minimum absolute atomic E-state index is 0.0908. The van der Waals surface area contributed by atoms with Crippen molar-refractivity contribution in [3.8, 4) is 0 Å².